The number of rotatable bonds is 3. The number of carbonyl (C=O) groups excluding carboxylic acids is 2. The molecule has 0 bridgehead atoms. The molecule has 1 fully saturated rings. The summed E-state index contributed by atoms with van der Waals surface area (Å²) in [5.41, 5.74) is -0.204. The van der Waals surface area contributed by atoms with E-state index in [1.165, 1.54) is 0 Å². The predicted octanol–water partition coefficient (Wildman–Crippen LogP) is 3.02. The molecule has 0 spiro atoms. The van der Waals surface area contributed by atoms with Crippen molar-refractivity contribution in [1.82, 2.24) is 10.6 Å². The van der Waals surface area contributed by atoms with E-state index in [1.54, 1.807) is 24.3 Å². The summed E-state index contributed by atoms with van der Waals surface area (Å²) < 4.78 is 0. The fraction of sp³-hybridized carbons (Fsp3) is 0.357. The van der Waals surface area contributed by atoms with Crippen LogP contribution in [0, 0.1) is 5.41 Å². The van der Waals surface area contributed by atoms with Crippen LogP contribution in [0.4, 0.5) is 10.5 Å². The topological polar surface area (TPSA) is 70.6 Å². The minimum atomic E-state index is -0.809. The van der Waals surface area contributed by atoms with Gasteiger partial charge in [-0.15, -0.1) is 0 Å². The van der Waals surface area contributed by atoms with Crippen LogP contribution in [0.25, 0.3) is 0 Å². The number of halogens is 1. The normalized spacial score (nSPS) is 19.6. The molecule has 5 nitrogen and oxygen atoms in total. The van der Waals surface area contributed by atoms with E-state index in [2.05, 4.69) is 15.6 Å². The summed E-state index contributed by atoms with van der Waals surface area (Å²) in [4.78, 5) is 28.1. The third-order valence-electron chi connectivity index (χ3n) is 3.60. The zero-order valence-electron chi connectivity index (χ0n) is 11.4. The van der Waals surface area contributed by atoms with Gasteiger partial charge >= 0.3 is 6.03 Å². The van der Waals surface area contributed by atoms with Gasteiger partial charge in [-0.2, -0.15) is 0 Å². The number of carbonyl (C=O) groups is 2. The maximum Gasteiger partial charge on any atom is 0.326 e. The molecule has 106 valence electrons. The maximum absolute atomic E-state index is 12.2. The zero-order valence-corrected chi connectivity index (χ0v) is 12.1. The fourth-order valence-corrected chi connectivity index (χ4v) is 2.49. The molecule has 1 saturated heterocycles. The summed E-state index contributed by atoms with van der Waals surface area (Å²) in [6.45, 7) is 3.79. The standard InChI is InChI=1S/C14H16ClN3O2/c1-3-14(4-2)11(17-13(20)18-12(14)19)16-10-7-5-6-9(15)8-10/h5-8H,3-4H2,1-2H3,(H2,16,17,18,19,20). The second-order valence-electron chi connectivity index (χ2n) is 4.64. The van der Waals surface area contributed by atoms with E-state index in [4.69, 9.17) is 11.6 Å². The van der Waals surface area contributed by atoms with E-state index in [1.807, 2.05) is 13.8 Å². The highest BCUT2D eigenvalue weighted by Gasteiger charge is 2.45. The number of imide groups is 1. The van der Waals surface area contributed by atoms with E-state index >= 15 is 0 Å². The summed E-state index contributed by atoms with van der Waals surface area (Å²) in [5.74, 6) is 0.0607. The molecule has 2 rings (SSSR count). The Bertz CT molecular complexity index is 580. The van der Waals surface area contributed by atoms with Gasteiger partial charge < -0.3 is 0 Å². The highest BCUT2D eigenvalue weighted by atomic mass is 35.5. The molecule has 3 amide bonds. The lowest BCUT2D eigenvalue weighted by Gasteiger charge is -2.35. The van der Waals surface area contributed by atoms with Crippen molar-refractivity contribution in [3.05, 3.63) is 29.3 Å². The van der Waals surface area contributed by atoms with Gasteiger partial charge in [0.05, 0.1) is 5.69 Å². The van der Waals surface area contributed by atoms with E-state index in [0.29, 0.717) is 29.4 Å². The van der Waals surface area contributed by atoms with Crippen molar-refractivity contribution in [2.24, 2.45) is 10.4 Å². The number of hydrogen-bond acceptors (Lipinski definition) is 3. The fourth-order valence-electron chi connectivity index (χ4n) is 2.30. The maximum atomic E-state index is 12.2. The zero-order chi connectivity index (χ0) is 14.8. The van der Waals surface area contributed by atoms with Gasteiger partial charge in [0.25, 0.3) is 0 Å². The Balaban J connectivity index is 2.49. The molecule has 0 saturated carbocycles. The number of amidine groups is 1. The first-order valence-corrected chi connectivity index (χ1v) is 6.87. The van der Waals surface area contributed by atoms with Crippen LogP contribution in [-0.4, -0.2) is 17.8 Å². The predicted molar refractivity (Wildman–Crippen MR) is 78.2 cm³/mol. The highest BCUT2D eigenvalue weighted by molar-refractivity contribution is 6.30. The number of benzene rings is 1. The molecule has 0 unspecified atom stereocenters. The lowest BCUT2D eigenvalue weighted by atomic mass is 9.78. The smallest absolute Gasteiger partial charge is 0.295 e. The molecule has 1 aromatic rings. The molecule has 0 aliphatic carbocycles. The van der Waals surface area contributed by atoms with Crippen LogP contribution in [0.3, 0.4) is 0 Å². The Hall–Kier alpha value is -1.88. The number of amides is 3. The Morgan fingerprint density at radius 3 is 2.50 bits per heavy atom. The molecule has 1 heterocycles. The number of urea groups is 1. The van der Waals surface area contributed by atoms with Crippen molar-refractivity contribution in [3.63, 3.8) is 0 Å². The van der Waals surface area contributed by atoms with E-state index in [0.717, 1.165) is 0 Å². The van der Waals surface area contributed by atoms with Crippen LogP contribution in [0.1, 0.15) is 26.7 Å². The summed E-state index contributed by atoms with van der Waals surface area (Å²) >= 11 is 5.92. The van der Waals surface area contributed by atoms with Crippen LogP contribution in [-0.2, 0) is 4.79 Å². The third kappa shape index (κ3) is 2.54. The van der Waals surface area contributed by atoms with Crippen LogP contribution in [0.15, 0.2) is 29.3 Å². The summed E-state index contributed by atoms with van der Waals surface area (Å²) in [6.07, 6.45) is 1.10. The second kappa shape index (κ2) is 5.63. The number of nitrogens with zero attached hydrogens (tertiary/aromatic N) is 1. The van der Waals surface area contributed by atoms with Gasteiger partial charge in [0.15, 0.2) is 0 Å². The van der Waals surface area contributed by atoms with Crippen LogP contribution in [0.2, 0.25) is 5.02 Å². The molecule has 2 N–H and O–H groups in total. The second-order valence-corrected chi connectivity index (χ2v) is 5.07. The van der Waals surface area contributed by atoms with Crippen molar-refractivity contribution in [2.75, 3.05) is 0 Å². The van der Waals surface area contributed by atoms with Crippen molar-refractivity contribution in [2.45, 2.75) is 26.7 Å². The Kier molecular flexibility index (Phi) is 4.09. The Morgan fingerprint density at radius 1 is 1.20 bits per heavy atom. The molecule has 0 radical (unpaired) electrons. The Labute approximate surface area is 122 Å². The van der Waals surface area contributed by atoms with Crippen molar-refractivity contribution >= 4 is 35.1 Å². The largest absolute Gasteiger partial charge is 0.326 e. The van der Waals surface area contributed by atoms with Gasteiger partial charge in [0, 0.05) is 5.02 Å². The lowest BCUT2D eigenvalue weighted by Crippen LogP contribution is -2.62. The molecule has 20 heavy (non-hydrogen) atoms. The van der Waals surface area contributed by atoms with Crippen molar-refractivity contribution in [1.29, 1.82) is 0 Å². The molecule has 1 aliphatic heterocycles. The summed E-state index contributed by atoms with van der Waals surface area (Å²) in [6, 6.07) is 6.42. The quantitative estimate of drug-likeness (QED) is 0.899. The van der Waals surface area contributed by atoms with Gasteiger partial charge in [0.1, 0.15) is 11.3 Å². The van der Waals surface area contributed by atoms with Gasteiger partial charge in [-0.3, -0.25) is 15.4 Å². The molecule has 1 aromatic carbocycles. The van der Waals surface area contributed by atoms with E-state index in [9.17, 15) is 9.59 Å². The van der Waals surface area contributed by atoms with Crippen molar-refractivity contribution in [3.8, 4) is 0 Å². The highest BCUT2D eigenvalue weighted by Crippen LogP contribution is 2.31. The minimum absolute atomic E-state index is 0.313. The summed E-state index contributed by atoms with van der Waals surface area (Å²) in [7, 11) is 0. The van der Waals surface area contributed by atoms with Crippen molar-refractivity contribution < 1.29 is 9.59 Å². The van der Waals surface area contributed by atoms with Gasteiger partial charge in [-0.05, 0) is 31.0 Å². The first-order valence-electron chi connectivity index (χ1n) is 6.49. The molecular weight excluding hydrogens is 278 g/mol. The lowest BCUT2D eigenvalue weighted by molar-refractivity contribution is -0.127. The van der Waals surface area contributed by atoms with Crippen LogP contribution < -0.4 is 10.6 Å². The first-order chi connectivity index (χ1) is 9.51. The molecule has 6 heteroatoms. The SMILES string of the molecule is CCC1(CC)C(=O)NC(=O)NC1=Nc1cccc(Cl)c1. The van der Waals surface area contributed by atoms with Crippen LogP contribution >= 0.6 is 11.6 Å². The molecule has 1 aliphatic rings. The van der Waals surface area contributed by atoms with E-state index in [-0.39, 0.29) is 5.91 Å². The van der Waals surface area contributed by atoms with Crippen LogP contribution in [0.5, 0.6) is 0 Å². The average Bonchev–Trinajstić information content (AvgIpc) is 2.39. The number of hydrogen-bond donors (Lipinski definition) is 2. The van der Waals surface area contributed by atoms with Gasteiger partial charge in [0.2, 0.25) is 5.91 Å². The molecule has 0 atom stereocenters. The third-order valence-corrected chi connectivity index (χ3v) is 3.84. The average molecular weight is 294 g/mol. The van der Waals surface area contributed by atoms with Gasteiger partial charge in [-0.25, -0.2) is 9.79 Å². The minimum Gasteiger partial charge on any atom is -0.295 e. The number of aliphatic imine (C=N–C) groups is 1. The van der Waals surface area contributed by atoms with E-state index < -0.39 is 11.4 Å². The monoisotopic (exact) mass is 293 g/mol. The summed E-state index contributed by atoms with van der Waals surface area (Å²) in [5, 5.41) is 5.50. The molecule has 0 aromatic heterocycles. The number of nitrogens with one attached hydrogen (secondary N) is 2. The van der Waals surface area contributed by atoms with Gasteiger partial charge in [-0.1, -0.05) is 31.5 Å². The first kappa shape index (κ1) is 14.5. The molecular formula is C14H16ClN3O2. The Morgan fingerprint density at radius 2 is 1.90 bits per heavy atom.